The van der Waals surface area contributed by atoms with Crippen LogP contribution < -0.4 is 15.4 Å². The van der Waals surface area contributed by atoms with E-state index in [-0.39, 0.29) is 11.6 Å². The van der Waals surface area contributed by atoms with Crippen molar-refractivity contribution in [2.75, 3.05) is 17.7 Å². The molecule has 0 fully saturated rings. The lowest BCUT2D eigenvalue weighted by molar-refractivity contribution is 0.102. The molecule has 0 aliphatic rings. The van der Waals surface area contributed by atoms with Gasteiger partial charge in [0, 0.05) is 0 Å². The molecule has 1 aromatic carbocycles. The monoisotopic (exact) mass is 338 g/mol. The van der Waals surface area contributed by atoms with E-state index < -0.39 is 0 Å². The molecule has 2 N–H and O–H groups in total. The number of ether oxygens (including phenoxy) is 1. The highest BCUT2D eigenvalue weighted by molar-refractivity contribution is 6.03. The number of rotatable bonds is 6. The van der Waals surface area contributed by atoms with Crippen molar-refractivity contribution in [2.45, 2.75) is 13.5 Å². The van der Waals surface area contributed by atoms with Gasteiger partial charge in [0.2, 0.25) is 0 Å². The van der Waals surface area contributed by atoms with Crippen LogP contribution in [0.15, 0.2) is 53.1 Å². The molecule has 0 spiro atoms. The van der Waals surface area contributed by atoms with Crippen LogP contribution in [0.5, 0.6) is 5.75 Å². The van der Waals surface area contributed by atoms with Gasteiger partial charge in [-0.3, -0.25) is 4.79 Å². The average molecular weight is 338 g/mol. The summed E-state index contributed by atoms with van der Waals surface area (Å²) in [5, 5.41) is 13.8. The number of aryl methyl sites for hydroxylation is 1. The van der Waals surface area contributed by atoms with E-state index in [4.69, 9.17) is 9.15 Å². The lowest BCUT2D eigenvalue weighted by atomic mass is 10.2. The third-order valence-electron chi connectivity index (χ3n) is 3.52. The number of aromatic nitrogens is 2. The van der Waals surface area contributed by atoms with Crippen LogP contribution in [0.1, 0.15) is 21.8 Å². The third kappa shape index (κ3) is 4.14. The first kappa shape index (κ1) is 16.5. The quantitative estimate of drug-likeness (QED) is 0.717. The molecule has 128 valence electrons. The Labute approximate surface area is 145 Å². The summed E-state index contributed by atoms with van der Waals surface area (Å²) in [6.07, 6.45) is 1.61. The van der Waals surface area contributed by atoms with E-state index >= 15 is 0 Å². The highest BCUT2D eigenvalue weighted by atomic mass is 16.5. The molecule has 7 nitrogen and oxygen atoms in total. The smallest absolute Gasteiger partial charge is 0.276 e. The zero-order chi connectivity index (χ0) is 17.6. The molecule has 3 aromatic rings. The fourth-order valence-corrected chi connectivity index (χ4v) is 2.24. The summed E-state index contributed by atoms with van der Waals surface area (Å²) in [5.74, 6) is 1.58. The van der Waals surface area contributed by atoms with Gasteiger partial charge in [-0.05, 0) is 48.9 Å². The van der Waals surface area contributed by atoms with Crippen LogP contribution in [0.3, 0.4) is 0 Å². The van der Waals surface area contributed by atoms with Gasteiger partial charge < -0.3 is 19.8 Å². The van der Waals surface area contributed by atoms with Gasteiger partial charge in [0.15, 0.2) is 5.69 Å². The first-order valence-corrected chi connectivity index (χ1v) is 7.71. The molecule has 0 unspecified atom stereocenters. The Morgan fingerprint density at radius 3 is 2.76 bits per heavy atom. The fourth-order valence-electron chi connectivity index (χ4n) is 2.24. The Bertz CT molecular complexity index is 845. The minimum atomic E-state index is -0.353. The Morgan fingerprint density at radius 1 is 1.20 bits per heavy atom. The number of hydrogen-bond acceptors (Lipinski definition) is 6. The van der Waals surface area contributed by atoms with Crippen molar-refractivity contribution in [3.63, 3.8) is 0 Å². The van der Waals surface area contributed by atoms with Crippen molar-refractivity contribution >= 4 is 17.4 Å². The summed E-state index contributed by atoms with van der Waals surface area (Å²) in [6, 6.07) is 12.5. The molecule has 2 aromatic heterocycles. The standard InChI is InChI=1S/C18H18N4O3/c1-12-5-7-16(24-2)15(10-12)20-18(23)14-6-8-17(22-21-14)19-11-13-4-3-9-25-13/h3-10H,11H2,1-2H3,(H,19,22)(H,20,23). The first-order chi connectivity index (χ1) is 12.2. The second kappa shape index (κ2) is 7.48. The van der Waals surface area contributed by atoms with E-state index in [2.05, 4.69) is 20.8 Å². The zero-order valence-electron chi connectivity index (χ0n) is 13.9. The number of carbonyl (C=O) groups is 1. The number of amides is 1. The van der Waals surface area contributed by atoms with E-state index in [0.717, 1.165) is 11.3 Å². The predicted octanol–water partition coefficient (Wildman–Crippen LogP) is 3.25. The van der Waals surface area contributed by atoms with Gasteiger partial charge in [-0.2, -0.15) is 0 Å². The number of furan rings is 1. The van der Waals surface area contributed by atoms with Crippen molar-refractivity contribution < 1.29 is 13.9 Å². The van der Waals surface area contributed by atoms with Crippen molar-refractivity contribution in [1.82, 2.24) is 10.2 Å². The summed E-state index contributed by atoms with van der Waals surface area (Å²) in [5.41, 5.74) is 1.82. The number of benzene rings is 1. The van der Waals surface area contributed by atoms with Gasteiger partial charge in [-0.15, -0.1) is 10.2 Å². The van der Waals surface area contributed by atoms with Crippen LogP contribution in [-0.2, 0) is 6.54 Å². The summed E-state index contributed by atoms with van der Waals surface area (Å²) in [7, 11) is 1.56. The molecular weight excluding hydrogens is 320 g/mol. The Kier molecular flexibility index (Phi) is 4.94. The van der Waals surface area contributed by atoms with Crippen LogP contribution in [0.2, 0.25) is 0 Å². The summed E-state index contributed by atoms with van der Waals surface area (Å²) < 4.78 is 10.5. The topological polar surface area (TPSA) is 89.3 Å². The van der Waals surface area contributed by atoms with E-state index in [1.807, 2.05) is 31.2 Å². The van der Waals surface area contributed by atoms with Crippen LogP contribution >= 0.6 is 0 Å². The van der Waals surface area contributed by atoms with Gasteiger partial charge in [0.25, 0.3) is 5.91 Å². The molecule has 0 atom stereocenters. The van der Waals surface area contributed by atoms with Crippen molar-refractivity contribution in [3.8, 4) is 5.75 Å². The van der Waals surface area contributed by atoms with E-state index in [1.165, 1.54) is 0 Å². The SMILES string of the molecule is COc1ccc(C)cc1NC(=O)c1ccc(NCc2ccco2)nn1. The van der Waals surface area contributed by atoms with Crippen molar-refractivity contribution in [3.05, 3.63) is 65.7 Å². The molecule has 25 heavy (non-hydrogen) atoms. The summed E-state index contributed by atoms with van der Waals surface area (Å²) in [4.78, 5) is 12.3. The van der Waals surface area contributed by atoms with E-state index in [0.29, 0.717) is 23.8 Å². The third-order valence-corrected chi connectivity index (χ3v) is 3.52. The van der Waals surface area contributed by atoms with Crippen LogP contribution in [0.25, 0.3) is 0 Å². The predicted molar refractivity (Wildman–Crippen MR) is 93.8 cm³/mol. The second-order valence-electron chi connectivity index (χ2n) is 5.39. The molecule has 2 heterocycles. The molecule has 1 amide bonds. The van der Waals surface area contributed by atoms with Gasteiger partial charge in [0.1, 0.15) is 17.3 Å². The van der Waals surface area contributed by atoms with Crippen molar-refractivity contribution in [1.29, 1.82) is 0 Å². The number of carbonyl (C=O) groups excluding carboxylic acids is 1. The maximum Gasteiger partial charge on any atom is 0.276 e. The molecule has 3 rings (SSSR count). The molecule has 0 aliphatic carbocycles. The Balaban J connectivity index is 1.65. The lowest BCUT2D eigenvalue weighted by Crippen LogP contribution is -2.15. The largest absolute Gasteiger partial charge is 0.495 e. The molecular formula is C18H18N4O3. The average Bonchev–Trinajstić information content (AvgIpc) is 3.14. The number of nitrogens with zero attached hydrogens (tertiary/aromatic N) is 2. The minimum Gasteiger partial charge on any atom is -0.495 e. The maximum atomic E-state index is 12.3. The van der Waals surface area contributed by atoms with Crippen LogP contribution in [-0.4, -0.2) is 23.2 Å². The minimum absolute atomic E-state index is 0.215. The Morgan fingerprint density at radius 2 is 2.08 bits per heavy atom. The van der Waals surface area contributed by atoms with Crippen LogP contribution in [0, 0.1) is 6.92 Å². The Hall–Kier alpha value is -3.35. The van der Waals surface area contributed by atoms with Gasteiger partial charge in [0.05, 0.1) is 25.6 Å². The van der Waals surface area contributed by atoms with E-state index in [1.54, 1.807) is 31.6 Å². The fraction of sp³-hybridized carbons (Fsp3) is 0.167. The zero-order valence-corrected chi connectivity index (χ0v) is 13.9. The van der Waals surface area contributed by atoms with E-state index in [9.17, 15) is 4.79 Å². The number of hydrogen-bond donors (Lipinski definition) is 2. The highest BCUT2D eigenvalue weighted by Crippen LogP contribution is 2.25. The number of nitrogens with one attached hydrogen (secondary N) is 2. The molecule has 0 bridgehead atoms. The second-order valence-corrected chi connectivity index (χ2v) is 5.39. The molecule has 0 saturated heterocycles. The normalized spacial score (nSPS) is 10.3. The first-order valence-electron chi connectivity index (χ1n) is 7.71. The summed E-state index contributed by atoms with van der Waals surface area (Å²) >= 11 is 0. The highest BCUT2D eigenvalue weighted by Gasteiger charge is 2.12. The number of methoxy groups -OCH3 is 1. The van der Waals surface area contributed by atoms with Crippen LogP contribution in [0.4, 0.5) is 11.5 Å². The van der Waals surface area contributed by atoms with Crippen molar-refractivity contribution in [2.24, 2.45) is 0 Å². The molecule has 0 aliphatic heterocycles. The molecule has 0 saturated carbocycles. The van der Waals surface area contributed by atoms with Gasteiger partial charge in [-0.1, -0.05) is 6.07 Å². The van der Waals surface area contributed by atoms with Gasteiger partial charge >= 0.3 is 0 Å². The number of anilines is 2. The maximum absolute atomic E-state index is 12.3. The molecule has 0 radical (unpaired) electrons. The summed E-state index contributed by atoms with van der Waals surface area (Å²) in [6.45, 7) is 2.43. The molecule has 7 heteroatoms. The lowest BCUT2D eigenvalue weighted by Gasteiger charge is -2.10. The van der Waals surface area contributed by atoms with Gasteiger partial charge in [-0.25, -0.2) is 0 Å².